The second kappa shape index (κ2) is 6.88. The summed E-state index contributed by atoms with van der Waals surface area (Å²) in [4.78, 5) is 2.37. The largest absolute Gasteiger partial charge is 0.314 e. The first-order valence-corrected chi connectivity index (χ1v) is 7.83. The molecule has 1 aliphatic heterocycles. The van der Waals surface area contributed by atoms with Crippen LogP contribution in [0, 0.1) is 18.7 Å². The van der Waals surface area contributed by atoms with Gasteiger partial charge >= 0.3 is 0 Å². The highest BCUT2D eigenvalue weighted by atomic mass is 35.5. The lowest BCUT2D eigenvalue weighted by Gasteiger charge is -2.39. The van der Waals surface area contributed by atoms with Gasteiger partial charge in [0.1, 0.15) is 5.82 Å². The quantitative estimate of drug-likeness (QED) is 0.910. The average molecular weight is 299 g/mol. The van der Waals surface area contributed by atoms with Crippen molar-refractivity contribution in [2.45, 2.75) is 33.2 Å². The summed E-state index contributed by atoms with van der Waals surface area (Å²) >= 11 is 6.43. The van der Waals surface area contributed by atoms with Crippen molar-refractivity contribution in [3.05, 3.63) is 34.1 Å². The molecule has 0 spiro atoms. The van der Waals surface area contributed by atoms with Crippen LogP contribution in [0.5, 0.6) is 0 Å². The highest BCUT2D eigenvalue weighted by Crippen LogP contribution is 2.38. The fraction of sp³-hybridized carbons (Fsp3) is 0.625. The molecule has 1 aromatic rings. The Morgan fingerprint density at radius 1 is 1.35 bits per heavy atom. The standard InChI is InChI=1S/C16H24ClFN2/c1-4-11(2)16(20-9-7-19-8-10-20)14-13(18)6-5-12(3)15(14)17/h5-6,11,16,19H,4,7-10H2,1-3H3/t11?,16-/m1/s1. The minimum Gasteiger partial charge on any atom is -0.314 e. The summed E-state index contributed by atoms with van der Waals surface area (Å²) in [6.45, 7) is 10.1. The summed E-state index contributed by atoms with van der Waals surface area (Å²) in [5.41, 5.74) is 1.63. The highest BCUT2D eigenvalue weighted by molar-refractivity contribution is 6.32. The van der Waals surface area contributed by atoms with Gasteiger partial charge in [-0.2, -0.15) is 0 Å². The molecule has 1 saturated heterocycles. The maximum Gasteiger partial charge on any atom is 0.129 e. The van der Waals surface area contributed by atoms with E-state index >= 15 is 0 Å². The number of hydrogen-bond acceptors (Lipinski definition) is 2. The van der Waals surface area contributed by atoms with E-state index < -0.39 is 0 Å². The van der Waals surface area contributed by atoms with E-state index in [1.165, 1.54) is 0 Å². The molecule has 1 N–H and O–H groups in total. The number of nitrogens with one attached hydrogen (secondary N) is 1. The zero-order valence-electron chi connectivity index (χ0n) is 12.5. The third-order valence-corrected chi connectivity index (χ3v) is 4.85. The van der Waals surface area contributed by atoms with Crippen molar-refractivity contribution < 1.29 is 4.39 Å². The second-order valence-electron chi connectivity index (χ2n) is 5.71. The fourth-order valence-corrected chi connectivity index (χ4v) is 3.23. The molecule has 20 heavy (non-hydrogen) atoms. The maximum absolute atomic E-state index is 14.4. The summed E-state index contributed by atoms with van der Waals surface area (Å²) in [6, 6.07) is 3.37. The van der Waals surface area contributed by atoms with E-state index in [1.54, 1.807) is 12.1 Å². The molecule has 2 rings (SSSR count). The normalized spacial score (nSPS) is 19.9. The van der Waals surface area contributed by atoms with Crippen LogP contribution in [-0.4, -0.2) is 31.1 Å². The van der Waals surface area contributed by atoms with Gasteiger partial charge in [0.05, 0.1) is 5.02 Å². The van der Waals surface area contributed by atoms with Gasteiger partial charge in [-0.3, -0.25) is 4.90 Å². The molecule has 0 saturated carbocycles. The lowest BCUT2D eigenvalue weighted by Crippen LogP contribution is -2.46. The lowest BCUT2D eigenvalue weighted by molar-refractivity contribution is 0.125. The number of benzene rings is 1. The van der Waals surface area contributed by atoms with Crippen molar-refractivity contribution in [3.8, 4) is 0 Å². The molecule has 0 bridgehead atoms. The summed E-state index contributed by atoms with van der Waals surface area (Å²) < 4.78 is 14.4. The minimum atomic E-state index is -0.176. The van der Waals surface area contributed by atoms with Crippen molar-refractivity contribution in [3.63, 3.8) is 0 Å². The van der Waals surface area contributed by atoms with E-state index in [4.69, 9.17) is 11.6 Å². The molecule has 1 heterocycles. The molecule has 112 valence electrons. The topological polar surface area (TPSA) is 15.3 Å². The van der Waals surface area contributed by atoms with Crippen LogP contribution in [0.3, 0.4) is 0 Å². The molecule has 1 aromatic carbocycles. The summed E-state index contributed by atoms with van der Waals surface area (Å²) in [7, 11) is 0. The Morgan fingerprint density at radius 2 is 2.00 bits per heavy atom. The van der Waals surface area contributed by atoms with Crippen molar-refractivity contribution in [1.29, 1.82) is 0 Å². The molecule has 1 unspecified atom stereocenters. The van der Waals surface area contributed by atoms with E-state index in [2.05, 4.69) is 24.1 Å². The summed E-state index contributed by atoms with van der Waals surface area (Å²) in [6.07, 6.45) is 1.01. The van der Waals surface area contributed by atoms with Gasteiger partial charge in [-0.1, -0.05) is 37.9 Å². The molecule has 1 aliphatic rings. The van der Waals surface area contributed by atoms with Gasteiger partial charge in [0.25, 0.3) is 0 Å². The SMILES string of the molecule is CCC(C)[C@H](c1c(F)ccc(C)c1Cl)N1CCNCC1. The Balaban J connectivity index is 2.43. The van der Waals surface area contributed by atoms with Gasteiger partial charge in [0.2, 0.25) is 0 Å². The molecule has 0 radical (unpaired) electrons. The van der Waals surface area contributed by atoms with E-state index in [0.29, 0.717) is 16.5 Å². The Morgan fingerprint density at radius 3 is 2.60 bits per heavy atom. The molecular weight excluding hydrogens is 275 g/mol. The van der Waals surface area contributed by atoms with E-state index in [1.807, 2.05) is 6.92 Å². The number of nitrogens with zero attached hydrogens (tertiary/aromatic N) is 1. The maximum atomic E-state index is 14.4. The average Bonchev–Trinajstić information content (AvgIpc) is 2.48. The predicted octanol–water partition coefficient (Wildman–Crippen LogP) is 3.78. The Bertz CT molecular complexity index is 458. The van der Waals surface area contributed by atoms with Crippen LogP contribution < -0.4 is 5.32 Å². The molecule has 2 atom stereocenters. The number of rotatable bonds is 4. The first-order chi connectivity index (χ1) is 9.56. The molecule has 1 fully saturated rings. The van der Waals surface area contributed by atoms with Gasteiger partial charge in [-0.15, -0.1) is 0 Å². The molecular formula is C16H24ClFN2. The zero-order valence-corrected chi connectivity index (χ0v) is 13.3. The zero-order chi connectivity index (χ0) is 14.7. The van der Waals surface area contributed by atoms with Crippen molar-refractivity contribution >= 4 is 11.6 Å². The van der Waals surface area contributed by atoms with Crippen molar-refractivity contribution in [1.82, 2.24) is 10.2 Å². The minimum absolute atomic E-state index is 0.0644. The molecule has 0 amide bonds. The Kier molecular flexibility index (Phi) is 5.42. The van der Waals surface area contributed by atoms with Gasteiger partial charge in [0, 0.05) is 37.8 Å². The van der Waals surface area contributed by atoms with E-state index in [9.17, 15) is 4.39 Å². The van der Waals surface area contributed by atoms with Crippen LogP contribution in [0.2, 0.25) is 5.02 Å². The third kappa shape index (κ3) is 3.16. The first-order valence-electron chi connectivity index (χ1n) is 7.45. The first kappa shape index (κ1) is 15.7. The summed E-state index contributed by atoms with van der Waals surface area (Å²) in [5.74, 6) is 0.200. The van der Waals surface area contributed by atoms with Gasteiger partial charge < -0.3 is 5.32 Å². The third-order valence-electron chi connectivity index (χ3n) is 4.34. The molecule has 0 aliphatic carbocycles. The van der Waals surface area contributed by atoms with Crippen molar-refractivity contribution in [2.75, 3.05) is 26.2 Å². The number of piperazine rings is 1. The fourth-order valence-electron chi connectivity index (χ4n) is 2.96. The molecule has 4 heteroatoms. The van der Waals surface area contributed by atoms with Crippen LogP contribution in [0.1, 0.15) is 37.4 Å². The predicted molar refractivity (Wildman–Crippen MR) is 82.8 cm³/mol. The van der Waals surface area contributed by atoms with Gasteiger partial charge in [0.15, 0.2) is 0 Å². The highest BCUT2D eigenvalue weighted by Gasteiger charge is 2.30. The van der Waals surface area contributed by atoms with Crippen LogP contribution in [0.25, 0.3) is 0 Å². The smallest absolute Gasteiger partial charge is 0.129 e. The van der Waals surface area contributed by atoms with Crippen molar-refractivity contribution in [2.24, 2.45) is 5.92 Å². The van der Waals surface area contributed by atoms with Gasteiger partial charge in [-0.05, 0) is 24.5 Å². The number of aryl methyl sites for hydroxylation is 1. The Hall–Kier alpha value is -0.640. The second-order valence-corrected chi connectivity index (χ2v) is 6.09. The monoisotopic (exact) mass is 298 g/mol. The van der Waals surface area contributed by atoms with Gasteiger partial charge in [-0.25, -0.2) is 4.39 Å². The van der Waals surface area contributed by atoms with E-state index in [0.717, 1.165) is 38.2 Å². The van der Waals surface area contributed by atoms with Crippen LogP contribution in [0.4, 0.5) is 4.39 Å². The summed E-state index contributed by atoms with van der Waals surface area (Å²) in [5, 5.41) is 3.94. The van der Waals surface area contributed by atoms with Crippen LogP contribution in [-0.2, 0) is 0 Å². The molecule has 2 nitrogen and oxygen atoms in total. The van der Waals surface area contributed by atoms with E-state index in [-0.39, 0.29) is 11.9 Å². The number of hydrogen-bond donors (Lipinski definition) is 1. The molecule has 0 aromatic heterocycles. The Labute approximate surface area is 126 Å². The number of halogens is 2. The van der Waals surface area contributed by atoms with Crippen LogP contribution in [0.15, 0.2) is 12.1 Å². The van der Waals surface area contributed by atoms with Crippen LogP contribution >= 0.6 is 11.6 Å². The lowest BCUT2D eigenvalue weighted by atomic mass is 9.89.